The summed E-state index contributed by atoms with van der Waals surface area (Å²) >= 11 is 0. The molecule has 1 aliphatic heterocycles. The van der Waals surface area contributed by atoms with E-state index in [-0.39, 0.29) is 11.0 Å². The van der Waals surface area contributed by atoms with Crippen LogP contribution in [0, 0.1) is 13.8 Å². The van der Waals surface area contributed by atoms with Gasteiger partial charge in [0.05, 0.1) is 13.2 Å². The average molecular weight is 421 g/mol. The molecule has 3 rings (SSSR count). The second kappa shape index (κ2) is 8.54. The van der Waals surface area contributed by atoms with Crippen LogP contribution in [0.15, 0.2) is 29.2 Å². The third-order valence-electron chi connectivity index (χ3n) is 4.66. The SMILES string of the molecule is COc1ccc(C)cc1S(=O)(=O)N1CCN(c2cc(OC(C)C)nc(C)n2)CC1. The van der Waals surface area contributed by atoms with Crippen LogP contribution >= 0.6 is 0 Å². The number of aromatic nitrogens is 2. The highest BCUT2D eigenvalue weighted by Gasteiger charge is 2.31. The summed E-state index contributed by atoms with van der Waals surface area (Å²) in [5.74, 6) is 2.26. The maximum Gasteiger partial charge on any atom is 0.246 e. The van der Waals surface area contributed by atoms with Gasteiger partial charge in [-0.05, 0) is 45.4 Å². The minimum atomic E-state index is -3.64. The van der Waals surface area contributed by atoms with E-state index in [1.54, 1.807) is 18.2 Å². The molecule has 8 nitrogen and oxygen atoms in total. The van der Waals surface area contributed by atoms with Crippen molar-refractivity contribution < 1.29 is 17.9 Å². The maximum absolute atomic E-state index is 13.2. The Bertz CT molecular complexity index is 970. The Balaban J connectivity index is 1.77. The summed E-state index contributed by atoms with van der Waals surface area (Å²) in [5.41, 5.74) is 0.872. The zero-order chi connectivity index (χ0) is 21.2. The predicted octanol–water partition coefficient (Wildman–Crippen LogP) is 2.40. The topological polar surface area (TPSA) is 84.9 Å². The molecule has 1 fully saturated rings. The van der Waals surface area contributed by atoms with Gasteiger partial charge in [-0.15, -0.1) is 0 Å². The molecule has 0 saturated carbocycles. The maximum atomic E-state index is 13.2. The van der Waals surface area contributed by atoms with Crippen molar-refractivity contribution in [2.24, 2.45) is 0 Å². The van der Waals surface area contributed by atoms with Crippen molar-refractivity contribution in [3.8, 4) is 11.6 Å². The number of aryl methyl sites for hydroxylation is 2. The van der Waals surface area contributed by atoms with Crippen LogP contribution in [0.2, 0.25) is 0 Å². The van der Waals surface area contributed by atoms with Crippen LogP contribution in [0.1, 0.15) is 25.2 Å². The lowest BCUT2D eigenvalue weighted by Gasteiger charge is -2.35. The number of anilines is 1. The number of sulfonamides is 1. The lowest BCUT2D eigenvalue weighted by molar-refractivity contribution is 0.231. The zero-order valence-corrected chi connectivity index (χ0v) is 18.4. The van der Waals surface area contributed by atoms with Gasteiger partial charge in [-0.2, -0.15) is 9.29 Å². The Morgan fingerprint density at radius 1 is 1.03 bits per heavy atom. The van der Waals surface area contributed by atoms with Gasteiger partial charge in [-0.25, -0.2) is 13.4 Å². The molecule has 0 radical (unpaired) electrons. The summed E-state index contributed by atoms with van der Waals surface area (Å²) in [5, 5.41) is 0. The highest BCUT2D eigenvalue weighted by molar-refractivity contribution is 7.89. The van der Waals surface area contributed by atoms with E-state index < -0.39 is 10.0 Å². The molecular weight excluding hydrogens is 392 g/mol. The normalized spacial score (nSPS) is 15.6. The summed E-state index contributed by atoms with van der Waals surface area (Å²) < 4.78 is 38.8. The lowest BCUT2D eigenvalue weighted by atomic mass is 10.2. The van der Waals surface area contributed by atoms with E-state index in [0.29, 0.717) is 43.6 Å². The lowest BCUT2D eigenvalue weighted by Crippen LogP contribution is -2.49. The highest BCUT2D eigenvalue weighted by atomic mass is 32.2. The first-order valence-corrected chi connectivity index (χ1v) is 11.1. The van der Waals surface area contributed by atoms with Crippen LogP contribution in [-0.2, 0) is 10.0 Å². The van der Waals surface area contributed by atoms with Gasteiger partial charge in [0.25, 0.3) is 0 Å². The molecule has 1 saturated heterocycles. The smallest absolute Gasteiger partial charge is 0.246 e. The van der Waals surface area contributed by atoms with Gasteiger partial charge in [-0.3, -0.25) is 0 Å². The summed E-state index contributed by atoms with van der Waals surface area (Å²) in [4.78, 5) is 11.1. The number of ether oxygens (including phenoxy) is 2. The van der Waals surface area contributed by atoms with E-state index in [4.69, 9.17) is 9.47 Å². The highest BCUT2D eigenvalue weighted by Crippen LogP contribution is 2.29. The molecule has 2 aromatic rings. The molecule has 0 spiro atoms. The molecule has 9 heteroatoms. The minimum Gasteiger partial charge on any atom is -0.495 e. The van der Waals surface area contributed by atoms with E-state index >= 15 is 0 Å². The van der Waals surface area contributed by atoms with Crippen LogP contribution in [0.4, 0.5) is 5.82 Å². The fourth-order valence-electron chi connectivity index (χ4n) is 3.27. The van der Waals surface area contributed by atoms with E-state index in [1.807, 2.05) is 33.8 Å². The monoisotopic (exact) mass is 420 g/mol. The summed E-state index contributed by atoms with van der Waals surface area (Å²) in [6, 6.07) is 6.99. The van der Waals surface area contributed by atoms with E-state index in [9.17, 15) is 8.42 Å². The third kappa shape index (κ3) is 4.79. The van der Waals surface area contributed by atoms with Crippen LogP contribution in [-0.4, -0.2) is 62.1 Å². The molecule has 1 aromatic heterocycles. The van der Waals surface area contributed by atoms with Crippen molar-refractivity contribution in [2.45, 2.75) is 38.7 Å². The third-order valence-corrected chi connectivity index (χ3v) is 6.58. The van der Waals surface area contributed by atoms with Crippen molar-refractivity contribution in [3.05, 3.63) is 35.7 Å². The number of rotatable bonds is 6. The quantitative estimate of drug-likeness (QED) is 0.709. The standard InChI is InChI=1S/C20H28N4O4S/c1-14(2)28-20-13-19(21-16(4)22-20)23-8-10-24(11-9-23)29(25,26)18-12-15(3)6-7-17(18)27-5/h6-7,12-14H,8-11H2,1-5H3. The molecule has 2 heterocycles. The van der Waals surface area contributed by atoms with Crippen LogP contribution in [0.3, 0.4) is 0 Å². The summed E-state index contributed by atoms with van der Waals surface area (Å²) in [6.45, 7) is 9.37. The van der Waals surface area contributed by atoms with Crippen molar-refractivity contribution in [2.75, 3.05) is 38.2 Å². The number of hydrogen-bond donors (Lipinski definition) is 0. The molecule has 29 heavy (non-hydrogen) atoms. The van der Waals surface area contributed by atoms with Gasteiger partial charge < -0.3 is 14.4 Å². The summed E-state index contributed by atoms with van der Waals surface area (Å²) in [7, 11) is -2.16. The molecule has 0 amide bonds. The Labute approximate surface area is 172 Å². The minimum absolute atomic E-state index is 0.0171. The van der Waals surface area contributed by atoms with Crippen LogP contribution in [0.5, 0.6) is 11.6 Å². The van der Waals surface area contributed by atoms with Crippen molar-refractivity contribution in [1.29, 1.82) is 0 Å². The number of piperazine rings is 1. The largest absolute Gasteiger partial charge is 0.495 e. The number of hydrogen-bond acceptors (Lipinski definition) is 7. The fraction of sp³-hybridized carbons (Fsp3) is 0.500. The molecule has 0 aliphatic carbocycles. The van der Waals surface area contributed by atoms with Crippen molar-refractivity contribution in [3.63, 3.8) is 0 Å². The fourth-order valence-corrected chi connectivity index (χ4v) is 4.93. The van der Waals surface area contributed by atoms with E-state index in [0.717, 1.165) is 11.4 Å². The first-order valence-electron chi connectivity index (χ1n) is 9.63. The Morgan fingerprint density at radius 2 is 1.72 bits per heavy atom. The van der Waals surface area contributed by atoms with Crippen LogP contribution < -0.4 is 14.4 Å². The number of nitrogens with zero attached hydrogens (tertiary/aromatic N) is 4. The Kier molecular flexibility index (Phi) is 6.28. The Morgan fingerprint density at radius 3 is 2.34 bits per heavy atom. The molecule has 158 valence electrons. The molecule has 0 unspecified atom stereocenters. The first-order chi connectivity index (χ1) is 13.7. The van der Waals surface area contributed by atoms with Gasteiger partial charge in [0.2, 0.25) is 15.9 Å². The molecule has 1 aliphatic rings. The van der Waals surface area contributed by atoms with E-state index in [1.165, 1.54) is 11.4 Å². The number of methoxy groups -OCH3 is 1. The second-order valence-corrected chi connectivity index (χ2v) is 9.23. The van der Waals surface area contributed by atoms with E-state index in [2.05, 4.69) is 14.9 Å². The molecule has 1 aromatic carbocycles. The first kappa shape index (κ1) is 21.3. The van der Waals surface area contributed by atoms with Crippen molar-refractivity contribution >= 4 is 15.8 Å². The molecular formula is C20H28N4O4S. The van der Waals surface area contributed by atoms with Gasteiger partial charge in [0.15, 0.2) is 0 Å². The molecule has 0 N–H and O–H groups in total. The van der Waals surface area contributed by atoms with Crippen LogP contribution in [0.25, 0.3) is 0 Å². The Hall–Kier alpha value is -2.39. The van der Waals surface area contributed by atoms with Crippen molar-refractivity contribution in [1.82, 2.24) is 14.3 Å². The molecule has 0 bridgehead atoms. The molecule has 0 atom stereocenters. The predicted molar refractivity (Wildman–Crippen MR) is 111 cm³/mol. The number of benzene rings is 1. The summed E-state index contributed by atoms with van der Waals surface area (Å²) in [6.07, 6.45) is 0.0171. The van der Waals surface area contributed by atoms with Gasteiger partial charge in [-0.1, -0.05) is 6.07 Å². The van der Waals surface area contributed by atoms with Gasteiger partial charge in [0, 0.05) is 32.2 Å². The zero-order valence-electron chi connectivity index (χ0n) is 17.5. The average Bonchev–Trinajstić information content (AvgIpc) is 2.67. The van der Waals surface area contributed by atoms with Gasteiger partial charge in [0.1, 0.15) is 22.3 Å². The second-order valence-electron chi connectivity index (χ2n) is 7.32. The van der Waals surface area contributed by atoms with Gasteiger partial charge >= 0.3 is 0 Å².